The number of rotatable bonds is 6. The Labute approximate surface area is 208 Å². The molecule has 1 aliphatic rings. The molecule has 2 amide bonds. The van der Waals surface area contributed by atoms with Crippen molar-refractivity contribution in [2.45, 2.75) is 52.1 Å². The van der Waals surface area contributed by atoms with Crippen molar-refractivity contribution < 1.29 is 9.59 Å². The number of H-pyrrole nitrogens is 1. The number of thiophene rings is 1. The van der Waals surface area contributed by atoms with Crippen molar-refractivity contribution in [1.82, 2.24) is 25.6 Å². The van der Waals surface area contributed by atoms with Crippen LogP contribution in [-0.4, -0.2) is 38.8 Å². The van der Waals surface area contributed by atoms with Crippen LogP contribution in [0.1, 0.15) is 65.6 Å². The Morgan fingerprint density at radius 2 is 1.89 bits per heavy atom. The van der Waals surface area contributed by atoms with Gasteiger partial charge >= 0.3 is 0 Å². The van der Waals surface area contributed by atoms with Crippen molar-refractivity contribution in [1.29, 1.82) is 0 Å². The molecule has 0 bridgehead atoms. The molecular formula is C27H29N5O2S. The third kappa shape index (κ3) is 4.84. The molecular weight excluding hydrogens is 458 g/mol. The number of nitrogens with one attached hydrogen (secondary N) is 3. The molecule has 0 unspecified atom stereocenters. The summed E-state index contributed by atoms with van der Waals surface area (Å²) in [5.41, 5.74) is 3.36. The van der Waals surface area contributed by atoms with E-state index in [0.717, 1.165) is 11.3 Å². The number of hydrogen-bond donors (Lipinski definition) is 3. The van der Waals surface area contributed by atoms with E-state index in [1.54, 1.807) is 12.4 Å². The molecule has 3 heterocycles. The fourth-order valence-electron chi connectivity index (χ4n) is 3.93. The van der Waals surface area contributed by atoms with Crippen molar-refractivity contribution in [2.24, 2.45) is 5.41 Å². The first-order valence-electron chi connectivity index (χ1n) is 11.8. The highest BCUT2D eigenvalue weighted by Gasteiger charge is 2.39. The molecule has 3 aromatic heterocycles. The number of hydrogen-bond acceptors (Lipinski definition) is 5. The van der Waals surface area contributed by atoms with E-state index in [4.69, 9.17) is 4.98 Å². The van der Waals surface area contributed by atoms with Gasteiger partial charge in [-0.2, -0.15) is 0 Å². The largest absolute Gasteiger partial charge is 0.349 e. The van der Waals surface area contributed by atoms with Gasteiger partial charge in [0.1, 0.15) is 5.52 Å². The van der Waals surface area contributed by atoms with E-state index >= 15 is 0 Å². The summed E-state index contributed by atoms with van der Waals surface area (Å²) in [4.78, 5) is 39.4. The third-order valence-electron chi connectivity index (χ3n) is 6.69. The zero-order chi connectivity index (χ0) is 24.7. The molecule has 0 radical (unpaired) electrons. The summed E-state index contributed by atoms with van der Waals surface area (Å²) in [6.07, 6.45) is 4.27. The van der Waals surface area contributed by atoms with E-state index in [-0.39, 0.29) is 29.3 Å². The standard InChI is InChI=1S/C27H29N5O2S/c1-15(27(2,3)4)30-25(33)18-13-28-24-23(18)31-20(14-29-24)21-10-11-22(35-21)26(34)32-19-12-17(19)16-8-6-5-7-9-16/h5-11,13-15,17,19H,12H2,1-4H3,(H,28,29)(H,30,33)(H,32,34)/t15-,17+,19-/m0/s1. The summed E-state index contributed by atoms with van der Waals surface area (Å²) in [5.74, 6) is 0.123. The van der Waals surface area contributed by atoms with Crippen molar-refractivity contribution in [3.63, 3.8) is 0 Å². The van der Waals surface area contributed by atoms with Crippen molar-refractivity contribution in [2.75, 3.05) is 0 Å². The Bertz CT molecular complexity index is 1390. The number of aromatic nitrogens is 3. The van der Waals surface area contributed by atoms with Gasteiger partial charge in [0.2, 0.25) is 0 Å². The molecule has 7 nitrogen and oxygen atoms in total. The lowest BCUT2D eigenvalue weighted by Gasteiger charge is -2.27. The zero-order valence-electron chi connectivity index (χ0n) is 20.3. The van der Waals surface area contributed by atoms with Crippen LogP contribution < -0.4 is 10.6 Å². The Kier molecular flexibility index (Phi) is 5.92. The Morgan fingerprint density at radius 3 is 2.63 bits per heavy atom. The third-order valence-corrected chi connectivity index (χ3v) is 7.80. The summed E-state index contributed by atoms with van der Waals surface area (Å²) < 4.78 is 0. The van der Waals surface area contributed by atoms with Crippen molar-refractivity contribution in [3.05, 3.63) is 70.9 Å². The van der Waals surface area contributed by atoms with Gasteiger partial charge in [0.05, 0.1) is 27.2 Å². The van der Waals surface area contributed by atoms with Crippen LogP contribution in [0.4, 0.5) is 0 Å². The molecule has 1 aromatic carbocycles. The molecule has 4 aromatic rings. The highest BCUT2D eigenvalue weighted by molar-refractivity contribution is 7.17. The molecule has 3 atom stereocenters. The first kappa shape index (κ1) is 23.2. The van der Waals surface area contributed by atoms with Crippen molar-refractivity contribution >= 4 is 34.3 Å². The quantitative estimate of drug-likeness (QED) is 0.351. The highest BCUT2D eigenvalue weighted by Crippen LogP contribution is 2.41. The normalized spacial score (nSPS) is 18.3. The molecule has 1 fully saturated rings. The van der Waals surface area contributed by atoms with Gasteiger partial charge in [-0.1, -0.05) is 51.1 Å². The van der Waals surface area contributed by atoms with Crippen LogP contribution in [0.2, 0.25) is 0 Å². The second kappa shape index (κ2) is 8.92. The maximum atomic E-state index is 12.9. The fraction of sp³-hybridized carbons (Fsp3) is 0.333. The molecule has 0 saturated heterocycles. The average molecular weight is 488 g/mol. The fourth-order valence-corrected chi connectivity index (χ4v) is 4.80. The summed E-state index contributed by atoms with van der Waals surface area (Å²) in [7, 11) is 0. The van der Waals surface area contributed by atoms with E-state index in [1.165, 1.54) is 16.9 Å². The molecule has 3 N–H and O–H groups in total. The molecule has 1 aliphatic carbocycles. The minimum absolute atomic E-state index is 0.0117. The van der Waals surface area contributed by atoms with Crippen LogP contribution in [0.25, 0.3) is 21.7 Å². The zero-order valence-corrected chi connectivity index (χ0v) is 21.1. The smallest absolute Gasteiger partial charge is 0.261 e. The SMILES string of the molecule is C[C@H](NC(=O)c1c[nH]c2ncc(-c3ccc(C(=O)N[C@H]4C[C@@H]4c4ccccc4)s3)nc12)C(C)(C)C. The molecule has 0 aliphatic heterocycles. The van der Waals surface area contributed by atoms with Crippen LogP contribution in [0.15, 0.2) is 54.9 Å². The number of amides is 2. The number of carbonyl (C=O) groups is 2. The number of benzene rings is 1. The summed E-state index contributed by atoms with van der Waals surface area (Å²) >= 11 is 1.38. The molecule has 35 heavy (non-hydrogen) atoms. The van der Waals surface area contributed by atoms with Gasteiger partial charge in [0.15, 0.2) is 5.65 Å². The second-order valence-corrected chi connectivity index (χ2v) is 11.3. The lowest BCUT2D eigenvalue weighted by Crippen LogP contribution is -2.41. The van der Waals surface area contributed by atoms with E-state index in [9.17, 15) is 9.59 Å². The molecule has 180 valence electrons. The topological polar surface area (TPSA) is 99.8 Å². The Morgan fingerprint density at radius 1 is 1.11 bits per heavy atom. The van der Waals surface area contributed by atoms with Gasteiger partial charge in [0.25, 0.3) is 11.8 Å². The maximum Gasteiger partial charge on any atom is 0.261 e. The van der Waals surface area contributed by atoms with E-state index in [0.29, 0.717) is 33.2 Å². The number of carbonyl (C=O) groups excluding carboxylic acids is 2. The number of nitrogens with zero attached hydrogens (tertiary/aromatic N) is 2. The second-order valence-electron chi connectivity index (χ2n) is 10.2. The van der Waals surface area contributed by atoms with Gasteiger partial charge in [-0.05, 0) is 36.5 Å². The number of fused-ring (bicyclic) bond motifs is 1. The van der Waals surface area contributed by atoms with Crippen LogP contribution in [0, 0.1) is 5.41 Å². The summed E-state index contributed by atoms with van der Waals surface area (Å²) in [5, 5.41) is 6.20. The van der Waals surface area contributed by atoms with Gasteiger partial charge in [-0.25, -0.2) is 9.97 Å². The van der Waals surface area contributed by atoms with E-state index in [1.807, 2.05) is 37.3 Å². The van der Waals surface area contributed by atoms with Crippen LogP contribution >= 0.6 is 11.3 Å². The monoisotopic (exact) mass is 487 g/mol. The van der Waals surface area contributed by atoms with E-state index < -0.39 is 0 Å². The maximum absolute atomic E-state index is 12.9. The molecule has 1 saturated carbocycles. The predicted octanol–water partition coefficient (Wildman–Crippen LogP) is 5.14. The molecule has 5 rings (SSSR count). The Balaban J connectivity index is 1.31. The van der Waals surface area contributed by atoms with Gasteiger partial charge in [0, 0.05) is 24.2 Å². The predicted molar refractivity (Wildman–Crippen MR) is 139 cm³/mol. The van der Waals surface area contributed by atoms with Crippen molar-refractivity contribution in [3.8, 4) is 10.6 Å². The van der Waals surface area contributed by atoms with E-state index in [2.05, 4.69) is 53.5 Å². The van der Waals surface area contributed by atoms with Gasteiger partial charge in [-0.3, -0.25) is 9.59 Å². The first-order chi connectivity index (χ1) is 16.7. The lowest BCUT2D eigenvalue weighted by molar-refractivity contribution is 0.0910. The lowest BCUT2D eigenvalue weighted by atomic mass is 9.88. The first-order valence-corrected chi connectivity index (χ1v) is 12.6. The minimum atomic E-state index is -0.186. The van der Waals surface area contributed by atoms with Gasteiger partial charge < -0.3 is 15.6 Å². The molecule has 8 heteroatoms. The van der Waals surface area contributed by atoms with Crippen LogP contribution in [-0.2, 0) is 0 Å². The number of aromatic amines is 1. The molecule has 0 spiro atoms. The van der Waals surface area contributed by atoms with Gasteiger partial charge in [-0.15, -0.1) is 11.3 Å². The minimum Gasteiger partial charge on any atom is -0.349 e. The summed E-state index contributed by atoms with van der Waals surface area (Å²) in [6, 6.07) is 14.1. The Hall–Kier alpha value is -3.52. The highest BCUT2D eigenvalue weighted by atomic mass is 32.1. The summed E-state index contributed by atoms with van der Waals surface area (Å²) in [6.45, 7) is 8.24. The van der Waals surface area contributed by atoms with Crippen LogP contribution in [0.3, 0.4) is 0 Å². The van der Waals surface area contributed by atoms with Crippen LogP contribution in [0.5, 0.6) is 0 Å². The average Bonchev–Trinajstić information content (AvgIpc) is 3.22.